The van der Waals surface area contributed by atoms with Crippen LogP contribution in [0.25, 0.3) is 0 Å². The van der Waals surface area contributed by atoms with E-state index in [1.165, 1.54) is 6.07 Å². The summed E-state index contributed by atoms with van der Waals surface area (Å²) in [5.74, 6) is 0.466. The van der Waals surface area contributed by atoms with Gasteiger partial charge in [0.05, 0.1) is 5.56 Å². The minimum Gasteiger partial charge on any atom is -0.454 e. The first-order chi connectivity index (χ1) is 6.72. The molecule has 0 aromatic heterocycles. The molecule has 5 nitrogen and oxygen atoms in total. The second-order valence-electron chi connectivity index (χ2n) is 2.63. The molecule has 1 aromatic rings. The van der Waals surface area contributed by atoms with Gasteiger partial charge >= 0.3 is 0 Å². The van der Waals surface area contributed by atoms with Crippen molar-refractivity contribution in [3.8, 4) is 11.5 Å². The summed E-state index contributed by atoms with van der Waals surface area (Å²) >= 11 is 3.18. The van der Waals surface area contributed by atoms with E-state index >= 15 is 0 Å². The van der Waals surface area contributed by atoms with Gasteiger partial charge in [-0.3, -0.25) is 10.0 Å². The van der Waals surface area contributed by atoms with Crippen molar-refractivity contribution in [2.45, 2.75) is 0 Å². The Morgan fingerprint density at radius 3 is 2.71 bits per heavy atom. The molecule has 1 heterocycles. The summed E-state index contributed by atoms with van der Waals surface area (Å²) in [5, 5.41) is 8.47. The van der Waals surface area contributed by atoms with Crippen molar-refractivity contribution in [3.05, 3.63) is 22.2 Å². The fourth-order valence-corrected chi connectivity index (χ4v) is 1.65. The fraction of sp³-hybridized carbons (Fsp3) is 0.125. The van der Waals surface area contributed by atoms with Crippen LogP contribution in [0.3, 0.4) is 0 Å². The Morgan fingerprint density at radius 1 is 1.43 bits per heavy atom. The number of benzene rings is 1. The molecular formula is C8H6BrNO4. The van der Waals surface area contributed by atoms with Crippen molar-refractivity contribution in [1.82, 2.24) is 5.48 Å². The van der Waals surface area contributed by atoms with Crippen LogP contribution in [0.1, 0.15) is 10.4 Å². The molecule has 0 atom stereocenters. The van der Waals surface area contributed by atoms with Crippen LogP contribution >= 0.6 is 15.9 Å². The third-order valence-corrected chi connectivity index (χ3v) is 2.46. The van der Waals surface area contributed by atoms with Crippen molar-refractivity contribution >= 4 is 21.8 Å². The SMILES string of the molecule is O=C(NO)c1cc2c(cc1Br)OCO2. The topological polar surface area (TPSA) is 67.8 Å². The normalized spacial score (nSPS) is 12.7. The van der Waals surface area contributed by atoms with E-state index in [2.05, 4.69) is 15.9 Å². The van der Waals surface area contributed by atoms with Crippen LogP contribution < -0.4 is 15.0 Å². The molecule has 1 aliphatic rings. The van der Waals surface area contributed by atoms with E-state index in [9.17, 15) is 4.79 Å². The number of hydroxylamine groups is 1. The highest BCUT2D eigenvalue weighted by atomic mass is 79.9. The minimum atomic E-state index is -0.602. The fourth-order valence-electron chi connectivity index (χ4n) is 1.15. The lowest BCUT2D eigenvalue weighted by atomic mass is 10.2. The van der Waals surface area contributed by atoms with E-state index in [4.69, 9.17) is 14.7 Å². The van der Waals surface area contributed by atoms with E-state index in [-0.39, 0.29) is 12.4 Å². The van der Waals surface area contributed by atoms with Gasteiger partial charge in [-0.25, -0.2) is 5.48 Å². The minimum absolute atomic E-state index is 0.145. The summed E-state index contributed by atoms with van der Waals surface area (Å²) in [6, 6.07) is 3.12. The number of nitrogens with one attached hydrogen (secondary N) is 1. The maximum atomic E-state index is 11.1. The molecule has 14 heavy (non-hydrogen) atoms. The average Bonchev–Trinajstić information content (AvgIpc) is 2.62. The standard InChI is InChI=1S/C8H6BrNO4/c9-5-2-7-6(13-3-14-7)1-4(5)8(11)10-12/h1-2,12H,3H2,(H,10,11). The lowest BCUT2D eigenvalue weighted by molar-refractivity contribution is 0.0705. The highest BCUT2D eigenvalue weighted by Crippen LogP contribution is 2.36. The molecule has 0 unspecified atom stereocenters. The van der Waals surface area contributed by atoms with Gasteiger partial charge in [-0.15, -0.1) is 0 Å². The van der Waals surface area contributed by atoms with Gasteiger partial charge < -0.3 is 9.47 Å². The Balaban J connectivity index is 2.47. The highest BCUT2D eigenvalue weighted by molar-refractivity contribution is 9.10. The van der Waals surface area contributed by atoms with Crippen LogP contribution in [0, 0.1) is 0 Å². The van der Waals surface area contributed by atoms with Crippen molar-refractivity contribution in [3.63, 3.8) is 0 Å². The Kier molecular flexibility index (Phi) is 2.30. The van der Waals surface area contributed by atoms with Crippen molar-refractivity contribution in [2.24, 2.45) is 0 Å². The van der Waals surface area contributed by atoms with Gasteiger partial charge in [0, 0.05) is 4.47 Å². The first kappa shape index (κ1) is 9.29. The molecule has 2 N–H and O–H groups in total. The molecule has 74 valence electrons. The Labute approximate surface area is 87.7 Å². The van der Waals surface area contributed by atoms with E-state index in [0.717, 1.165) is 0 Å². The summed E-state index contributed by atoms with van der Waals surface area (Å²) in [7, 11) is 0. The van der Waals surface area contributed by atoms with Gasteiger partial charge in [0.15, 0.2) is 11.5 Å². The third-order valence-electron chi connectivity index (χ3n) is 1.81. The molecule has 0 fully saturated rings. The van der Waals surface area contributed by atoms with Crippen LogP contribution in [0.4, 0.5) is 0 Å². The Hall–Kier alpha value is -1.27. The number of fused-ring (bicyclic) bond motifs is 1. The van der Waals surface area contributed by atoms with Crippen molar-refractivity contribution < 1.29 is 19.5 Å². The maximum absolute atomic E-state index is 11.1. The zero-order valence-corrected chi connectivity index (χ0v) is 8.50. The smallest absolute Gasteiger partial charge is 0.275 e. The highest BCUT2D eigenvalue weighted by Gasteiger charge is 2.19. The second-order valence-corrected chi connectivity index (χ2v) is 3.48. The number of carbonyl (C=O) groups is 1. The summed E-state index contributed by atoms with van der Waals surface area (Å²) in [4.78, 5) is 11.1. The second kappa shape index (κ2) is 3.47. The monoisotopic (exact) mass is 259 g/mol. The average molecular weight is 260 g/mol. The molecule has 0 saturated heterocycles. The molecular weight excluding hydrogens is 254 g/mol. The number of hydrogen-bond donors (Lipinski definition) is 2. The van der Waals surface area contributed by atoms with Gasteiger partial charge in [0.1, 0.15) is 0 Å². The lowest BCUT2D eigenvalue weighted by Gasteiger charge is -2.03. The molecule has 0 bridgehead atoms. The first-order valence-electron chi connectivity index (χ1n) is 3.76. The zero-order valence-electron chi connectivity index (χ0n) is 6.91. The molecule has 0 aliphatic carbocycles. The van der Waals surface area contributed by atoms with Crippen molar-refractivity contribution in [1.29, 1.82) is 0 Å². The predicted octanol–water partition coefficient (Wildman–Crippen LogP) is 1.30. The number of halogens is 1. The number of ether oxygens (including phenoxy) is 2. The Bertz CT molecular complexity index is 393. The molecule has 0 spiro atoms. The molecule has 2 rings (SSSR count). The third kappa shape index (κ3) is 1.42. The molecule has 6 heteroatoms. The van der Waals surface area contributed by atoms with E-state index < -0.39 is 5.91 Å². The zero-order chi connectivity index (χ0) is 10.1. The summed E-state index contributed by atoms with van der Waals surface area (Å²) < 4.78 is 10.7. The quantitative estimate of drug-likeness (QED) is 0.589. The maximum Gasteiger partial charge on any atom is 0.275 e. The van der Waals surface area contributed by atoms with E-state index in [1.54, 1.807) is 11.5 Å². The summed E-state index contributed by atoms with van der Waals surface area (Å²) in [6.07, 6.45) is 0. The molecule has 0 saturated carbocycles. The number of amides is 1. The molecule has 0 radical (unpaired) electrons. The summed E-state index contributed by atoms with van der Waals surface area (Å²) in [5.41, 5.74) is 1.84. The van der Waals surface area contributed by atoms with Gasteiger partial charge in [-0.1, -0.05) is 0 Å². The van der Waals surface area contributed by atoms with Gasteiger partial charge in [-0.2, -0.15) is 0 Å². The predicted molar refractivity (Wildman–Crippen MR) is 49.5 cm³/mol. The van der Waals surface area contributed by atoms with Crippen LogP contribution in [0.15, 0.2) is 16.6 Å². The summed E-state index contributed by atoms with van der Waals surface area (Å²) in [6.45, 7) is 0.145. The molecule has 1 amide bonds. The van der Waals surface area contributed by atoms with Crippen LogP contribution in [-0.2, 0) is 0 Å². The van der Waals surface area contributed by atoms with Crippen LogP contribution in [-0.4, -0.2) is 17.9 Å². The number of carbonyl (C=O) groups excluding carboxylic acids is 1. The number of hydrogen-bond acceptors (Lipinski definition) is 4. The van der Waals surface area contributed by atoms with Gasteiger partial charge in [0.2, 0.25) is 6.79 Å². The Morgan fingerprint density at radius 2 is 2.07 bits per heavy atom. The van der Waals surface area contributed by atoms with Crippen LogP contribution in [0.2, 0.25) is 0 Å². The van der Waals surface area contributed by atoms with Crippen molar-refractivity contribution in [2.75, 3.05) is 6.79 Å². The molecule has 1 aromatic carbocycles. The largest absolute Gasteiger partial charge is 0.454 e. The lowest BCUT2D eigenvalue weighted by Crippen LogP contribution is -2.18. The molecule has 1 aliphatic heterocycles. The van der Waals surface area contributed by atoms with E-state index in [1.807, 2.05) is 0 Å². The van der Waals surface area contributed by atoms with Gasteiger partial charge in [0.25, 0.3) is 5.91 Å². The first-order valence-corrected chi connectivity index (χ1v) is 4.55. The van der Waals surface area contributed by atoms with Crippen LogP contribution in [0.5, 0.6) is 11.5 Å². The van der Waals surface area contributed by atoms with Gasteiger partial charge in [-0.05, 0) is 28.1 Å². The van der Waals surface area contributed by atoms with E-state index in [0.29, 0.717) is 16.0 Å². The number of rotatable bonds is 1.